The minimum Gasteiger partial charge on any atom is -0.480 e. The maximum absolute atomic E-state index is 12.2. The minimum atomic E-state index is -4.38. The summed E-state index contributed by atoms with van der Waals surface area (Å²) in [7, 11) is -4.38. The Hall–Kier alpha value is -2.73. The van der Waals surface area contributed by atoms with E-state index >= 15 is 0 Å². The fraction of sp³-hybridized carbons (Fsp3) is 0.429. The van der Waals surface area contributed by atoms with E-state index in [0.717, 1.165) is 12.1 Å². The van der Waals surface area contributed by atoms with Gasteiger partial charge in [-0.3, -0.25) is 10.1 Å². The van der Waals surface area contributed by atoms with Gasteiger partial charge in [0.2, 0.25) is 10.0 Å². The molecule has 1 rings (SSSR count). The van der Waals surface area contributed by atoms with E-state index in [2.05, 4.69) is 0 Å². The van der Waals surface area contributed by atoms with Gasteiger partial charge in [-0.1, -0.05) is 12.1 Å². The molecule has 1 aromatic rings. The molecule has 3 N–H and O–H groups in total. The molecular formula is C14H19N3O8S. The maximum Gasteiger partial charge on any atom is 0.408 e. The highest BCUT2D eigenvalue weighted by molar-refractivity contribution is 7.89. The summed E-state index contributed by atoms with van der Waals surface area (Å²) in [5.74, 6) is -1.51. The van der Waals surface area contributed by atoms with Gasteiger partial charge in [0.1, 0.15) is 11.6 Å². The lowest BCUT2D eigenvalue weighted by atomic mass is 10.2. The van der Waals surface area contributed by atoms with Crippen LogP contribution in [0.15, 0.2) is 29.2 Å². The Labute approximate surface area is 149 Å². The summed E-state index contributed by atoms with van der Waals surface area (Å²) in [5, 5.41) is 22.1. The third-order valence-electron chi connectivity index (χ3n) is 2.82. The van der Waals surface area contributed by atoms with Crippen LogP contribution in [0.3, 0.4) is 0 Å². The van der Waals surface area contributed by atoms with Gasteiger partial charge in [-0.15, -0.1) is 0 Å². The van der Waals surface area contributed by atoms with Crippen molar-refractivity contribution in [3.05, 3.63) is 34.4 Å². The number of para-hydroxylation sites is 1. The largest absolute Gasteiger partial charge is 0.480 e. The lowest BCUT2D eigenvalue weighted by Gasteiger charge is -2.22. The first-order chi connectivity index (χ1) is 11.8. The number of carbonyl (C=O) groups is 2. The second kappa shape index (κ2) is 8.10. The molecule has 0 aliphatic carbocycles. The fourth-order valence-electron chi connectivity index (χ4n) is 1.76. The van der Waals surface area contributed by atoms with Gasteiger partial charge in [0.25, 0.3) is 5.69 Å². The van der Waals surface area contributed by atoms with E-state index in [9.17, 15) is 28.1 Å². The van der Waals surface area contributed by atoms with E-state index in [-0.39, 0.29) is 0 Å². The van der Waals surface area contributed by atoms with Crippen LogP contribution in [0.4, 0.5) is 10.5 Å². The predicted molar refractivity (Wildman–Crippen MR) is 89.1 cm³/mol. The molecule has 0 bridgehead atoms. The van der Waals surface area contributed by atoms with E-state index in [1.165, 1.54) is 12.1 Å². The molecule has 0 radical (unpaired) electrons. The van der Waals surface area contributed by atoms with E-state index in [1.54, 1.807) is 20.8 Å². The summed E-state index contributed by atoms with van der Waals surface area (Å²) in [6.45, 7) is 3.97. The number of rotatable bonds is 7. The van der Waals surface area contributed by atoms with Crippen molar-refractivity contribution in [3.63, 3.8) is 0 Å². The molecule has 144 valence electrons. The molecule has 0 aromatic heterocycles. The number of carboxylic acid groups (broad SMARTS) is 1. The van der Waals surface area contributed by atoms with Gasteiger partial charge in [-0.2, -0.15) is 0 Å². The Morgan fingerprint density at radius 2 is 1.88 bits per heavy atom. The average molecular weight is 389 g/mol. The van der Waals surface area contributed by atoms with Crippen molar-refractivity contribution < 1.29 is 32.8 Å². The van der Waals surface area contributed by atoms with E-state index in [0.29, 0.717) is 0 Å². The van der Waals surface area contributed by atoms with Crippen LogP contribution < -0.4 is 10.0 Å². The number of nitro groups is 1. The number of sulfonamides is 1. The van der Waals surface area contributed by atoms with Crippen LogP contribution in [0, 0.1) is 10.1 Å². The van der Waals surface area contributed by atoms with E-state index < -0.39 is 55.8 Å². The number of nitro benzene ring substituents is 1. The van der Waals surface area contributed by atoms with Gasteiger partial charge in [-0.25, -0.2) is 22.7 Å². The third-order valence-corrected chi connectivity index (χ3v) is 4.29. The van der Waals surface area contributed by atoms with E-state index in [4.69, 9.17) is 9.84 Å². The Bertz CT molecular complexity index is 801. The van der Waals surface area contributed by atoms with Gasteiger partial charge >= 0.3 is 12.1 Å². The lowest BCUT2D eigenvalue weighted by molar-refractivity contribution is -0.387. The van der Waals surface area contributed by atoms with Gasteiger partial charge in [-0.05, 0) is 26.8 Å². The summed E-state index contributed by atoms with van der Waals surface area (Å²) in [4.78, 5) is 32.3. The van der Waals surface area contributed by atoms with Crippen molar-refractivity contribution >= 4 is 27.8 Å². The number of amides is 1. The standard InChI is InChI=1S/C14H19N3O8S/c1-14(2,3)25-13(20)16-9(12(18)19)8-15-26(23,24)11-7-5-4-6-10(11)17(21)22/h4-7,9,15H,8H2,1-3H3,(H,16,20)(H,18,19)/t9-/m0/s1. The molecule has 1 amide bonds. The monoisotopic (exact) mass is 389 g/mol. The van der Waals surface area contributed by atoms with E-state index in [1.807, 2.05) is 10.0 Å². The van der Waals surface area contributed by atoms with Crippen LogP contribution in [0.5, 0.6) is 0 Å². The first kappa shape index (κ1) is 21.3. The molecule has 1 atom stereocenters. The normalized spacial score (nSPS) is 12.9. The first-order valence-electron chi connectivity index (χ1n) is 7.29. The Morgan fingerprint density at radius 1 is 1.31 bits per heavy atom. The zero-order chi connectivity index (χ0) is 20.1. The number of hydrogen-bond donors (Lipinski definition) is 3. The molecule has 0 aliphatic rings. The number of hydrogen-bond acceptors (Lipinski definition) is 7. The highest BCUT2D eigenvalue weighted by atomic mass is 32.2. The number of carboxylic acids is 1. The highest BCUT2D eigenvalue weighted by Crippen LogP contribution is 2.22. The zero-order valence-corrected chi connectivity index (χ0v) is 15.1. The molecule has 0 spiro atoms. The lowest BCUT2D eigenvalue weighted by Crippen LogP contribution is -2.49. The topological polar surface area (TPSA) is 165 Å². The molecule has 0 unspecified atom stereocenters. The smallest absolute Gasteiger partial charge is 0.408 e. The number of benzene rings is 1. The van der Waals surface area contributed by atoms with Crippen molar-refractivity contribution in [2.45, 2.75) is 37.3 Å². The fourth-order valence-corrected chi connectivity index (χ4v) is 2.97. The van der Waals surface area contributed by atoms with Crippen LogP contribution in [-0.2, 0) is 19.6 Å². The van der Waals surface area contributed by atoms with Crippen LogP contribution in [-0.4, -0.2) is 48.7 Å². The number of carbonyl (C=O) groups excluding carboxylic acids is 1. The van der Waals surface area contributed by atoms with Gasteiger partial charge < -0.3 is 15.2 Å². The minimum absolute atomic E-state index is 0.619. The van der Waals surface area contributed by atoms with Crippen LogP contribution in [0.25, 0.3) is 0 Å². The summed E-state index contributed by atoms with van der Waals surface area (Å²) in [6.07, 6.45) is -1.05. The van der Waals surface area contributed by atoms with Crippen molar-refractivity contribution in [2.24, 2.45) is 0 Å². The highest BCUT2D eigenvalue weighted by Gasteiger charge is 2.29. The molecule has 0 aliphatic heterocycles. The van der Waals surface area contributed by atoms with Crippen LogP contribution in [0.2, 0.25) is 0 Å². The summed E-state index contributed by atoms with van der Waals surface area (Å²) in [5.41, 5.74) is -1.54. The predicted octanol–water partition coefficient (Wildman–Crippen LogP) is 0.851. The molecular weight excluding hydrogens is 370 g/mol. The molecule has 0 saturated carbocycles. The molecule has 0 saturated heterocycles. The summed E-state index contributed by atoms with van der Waals surface area (Å²) in [6, 6.07) is 2.96. The second-order valence-electron chi connectivity index (χ2n) is 6.11. The van der Waals surface area contributed by atoms with Crippen molar-refractivity contribution in [3.8, 4) is 0 Å². The van der Waals surface area contributed by atoms with Gasteiger partial charge in [0, 0.05) is 12.6 Å². The quantitative estimate of drug-likeness (QED) is 0.456. The molecule has 0 fully saturated rings. The number of ether oxygens (including phenoxy) is 1. The number of nitrogens with zero attached hydrogens (tertiary/aromatic N) is 1. The molecule has 1 aromatic carbocycles. The third kappa shape index (κ3) is 6.29. The van der Waals surface area contributed by atoms with Crippen molar-refractivity contribution in [1.82, 2.24) is 10.0 Å². The Morgan fingerprint density at radius 3 is 2.38 bits per heavy atom. The summed E-state index contributed by atoms with van der Waals surface area (Å²) < 4.78 is 31.3. The van der Waals surface area contributed by atoms with Crippen molar-refractivity contribution in [2.75, 3.05) is 6.54 Å². The molecule has 11 nitrogen and oxygen atoms in total. The van der Waals surface area contributed by atoms with Crippen LogP contribution in [0.1, 0.15) is 20.8 Å². The maximum atomic E-state index is 12.2. The second-order valence-corrected chi connectivity index (χ2v) is 7.85. The van der Waals surface area contributed by atoms with Gasteiger partial charge in [0.15, 0.2) is 4.90 Å². The zero-order valence-electron chi connectivity index (χ0n) is 14.3. The van der Waals surface area contributed by atoms with Crippen LogP contribution >= 0.6 is 0 Å². The summed E-state index contributed by atoms with van der Waals surface area (Å²) >= 11 is 0. The van der Waals surface area contributed by atoms with Crippen molar-refractivity contribution in [1.29, 1.82) is 0 Å². The Balaban J connectivity index is 2.91. The number of aliphatic carboxylic acids is 1. The molecule has 12 heteroatoms. The first-order valence-corrected chi connectivity index (χ1v) is 8.77. The SMILES string of the molecule is CC(C)(C)OC(=O)N[C@@H](CNS(=O)(=O)c1ccccc1[N+](=O)[O-])C(=O)O. The molecule has 26 heavy (non-hydrogen) atoms. The number of nitrogens with one attached hydrogen (secondary N) is 2. The number of alkyl carbamates (subject to hydrolysis) is 1. The Kier molecular flexibility index (Phi) is 6.64. The van der Waals surface area contributed by atoms with Gasteiger partial charge in [0.05, 0.1) is 4.92 Å². The average Bonchev–Trinajstić information content (AvgIpc) is 2.49. The molecule has 0 heterocycles.